The highest BCUT2D eigenvalue weighted by Gasteiger charge is 2.13. The van der Waals surface area contributed by atoms with Crippen LogP contribution in [0.3, 0.4) is 0 Å². The van der Waals surface area contributed by atoms with E-state index in [2.05, 4.69) is 10.4 Å². The second-order valence-corrected chi connectivity index (χ2v) is 4.58. The number of carbonyl (C=O) groups is 2. The SMILES string of the molecule is Cc1cc(C(=O)Nc2ccc(C(=O)O)c(C)c2)n(C)n1. The zero-order chi connectivity index (χ0) is 14.9. The zero-order valence-electron chi connectivity index (χ0n) is 11.5. The van der Waals surface area contributed by atoms with Crippen molar-refractivity contribution in [3.05, 3.63) is 46.8 Å². The molecule has 1 amide bonds. The number of aromatic nitrogens is 2. The van der Waals surface area contributed by atoms with Crippen LogP contribution in [0.1, 0.15) is 32.1 Å². The Hall–Kier alpha value is -2.63. The molecule has 0 fully saturated rings. The summed E-state index contributed by atoms with van der Waals surface area (Å²) in [6.45, 7) is 3.50. The molecule has 2 N–H and O–H groups in total. The third kappa shape index (κ3) is 2.69. The average molecular weight is 273 g/mol. The summed E-state index contributed by atoms with van der Waals surface area (Å²) in [5, 5.41) is 15.8. The van der Waals surface area contributed by atoms with Gasteiger partial charge >= 0.3 is 5.97 Å². The lowest BCUT2D eigenvalue weighted by atomic mass is 10.1. The highest BCUT2D eigenvalue weighted by atomic mass is 16.4. The lowest BCUT2D eigenvalue weighted by molar-refractivity contribution is 0.0696. The number of anilines is 1. The van der Waals surface area contributed by atoms with Crippen LogP contribution < -0.4 is 5.32 Å². The fourth-order valence-corrected chi connectivity index (χ4v) is 2.00. The number of aryl methyl sites for hydroxylation is 3. The number of benzene rings is 1. The molecule has 0 bridgehead atoms. The number of nitrogens with zero attached hydrogens (tertiary/aromatic N) is 2. The van der Waals surface area contributed by atoms with E-state index >= 15 is 0 Å². The maximum Gasteiger partial charge on any atom is 0.335 e. The normalized spacial score (nSPS) is 10.3. The zero-order valence-corrected chi connectivity index (χ0v) is 11.5. The van der Waals surface area contributed by atoms with Gasteiger partial charge in [-0.3, -0.25) is 9.48 Å². The van der Waals surface area contributed by atoms with Crippen molar-refractivity contribution in [2.24, 2.45) is 7.05 Å². The van der Waals surface area contributed by atoms with E-state index in [1.54, 1.807) is 32.2 Å². The number of aromatic carboxylic acids is 1. The molecule has 0 aliphatic heterocycles. The summed E-state index contributed by atoms with van der Waals surface area (Å²) in [5.41, 5.74) is 2.57. The molecule has 6 heteroatoms. The summed E-state index contributed by atoms with van der Waals surface area (Å²) in [5.74, 6) is -1.27. The van der Waals surface area contributed by atoms with Crippen LogP contribution in [0.5, 0.6) is 0 Å². The van der Waals surface area contributed by atoms with E-state index in [9.17, 15) is 9.59 Å². The fourth-order valence-electron chi connectivity index (χ4n) is 2.00. The van der Waals surface area contributed by atoms with E-state index in [0.29, 0.717) is 16.9 Å². The van der Waals surface area contributed by atoms with Crippen LogP contribution in [0.25, 0.3) is 0 Å². The first-order valence-electron chi connectivity index (χ1n) is 6.04. The van der Waals surface area contributed by atoms with E-state index < -0.39 is 5.97 Å². The van der Waals surface area contributed by atoms with Crippen LogP contribution in [0.2, 0.25) is 0 Å². The van der Waals surface area contributed by atoms with E-state index in [4.69, 9.17) is 5.11 Å². The minimum atomic E-state index is -0.984. The molecule has 0 saturated carbocycles. The molecule has 0 unspecified atom stereocenters. The molecule has 20 heavy (non-hydrogen) atoms. The Labute approximate surface area is 116 Å². The van der Waals surface area contributed by atoms with Crippen LogP contribution >= 0.6 is 0 Å². The van der Waals surface area contributed by atoms with Gasteiger partial charge in [-0.15, -0.1) is 0 Å². The molecule has 0 aliphatic carbocycles. The highest BCUT2D eigenvalue weighted by molar-refractivity contribution is 6.03. The Morgan fingerprint density at radius 1 is 1.25 bits per heavy atom. The van der Waals surface area contributed by atoms with Crippen molar-refractivity contribution in [2.45, 2.75) is 13.8 Å². The minimum Gasteiger partial charge on any atom is -0.478 e. The van der Waals surface area contributed by atoms with Gasteiger partial charge in [-0.1, -0.05) is 0 Å². The van der Waals surface area contributed by atoms with Crippen molar-refractivity contribution in [1.82, 2.24) is 9.78 Å². The van der Waals surface area contributed by atoms with Crippen LogP contribution in [0, 0.1) is 13.8 Å². The maximum atomic E-state index is 12.1. The molecule has 0 saturated heterocycles. The molecule has 2 aromatic rings. The first-order chi connectivity index (χ1) is 9.38. The molecular formula is C14H15N3O3. The number of carbonyl (C=O) groups excluding carboxylic acids is 1. The average Bonchev–Trinajstić information content (AvgIpc) is 2.68. The number of amides is 1. The smallest absolute Gasteiger partial charge is 0.335 e. The number of carboxylic acid groups (broad SMARTS) is 1. The van der Waals surface area contributed by atoms with Gasteiger partial charge < -0.3 is 10.4 Å². The monoisotopic (exact) mass is 273 g/mol. The molecule has 104 valence electrons. The summed E-state index contributed by atoms with van der Waals surface area (Å²) in [4.78, 5) is 23.0. The standard InChI is InChI=1S/C14H15N3O3/c1-8-6-10(4-5-11(8)14(19)20)15-13(18)12-7-9(2)16-17(12)3/h4-7H,1-3H3,(H,15,18)(H,19,20). The van der Waals surface area contributed by atoms with Crippen molar-refractivity contribution in [3.63, 3.8) is 0 Å². The van der Waals surface area contributed by atoms with Gasteiger partial charge in [0.2, 0.25) is 0 Å². The summed E-state index contributed by atoms with van der Waals surface area (Å²) in [7, 11) is 1.70. The second kappa shape index (κ2) is 5.16. The Kier molecular flexibility index (Phi) is 3.56. The Morgan fingerprint density at radius 3 is 2.45 bits per heavy atom. The number of hydrogen-bond donors (Lipinski definition) is 2. The molecule has 6 nitrogen and oxygen atoms in total. The molecule has 1 aromatic heterocycles. The molecule has 2 rings (SSSR count). The third-order valence-electron chi connectivity index (χ3n) is 2.95. The Balaban J connectivity index is 2.22. The van der Waals surface area contributed by atoms with E-state index in [1.807, 2.05) is 6.92 Å². The van der Waals surface area contributed by atoms with E-state index in [1.165, 1.54) is 10.7 Å². The van der Waals surface area contributed by atoms with E-state index in [-0.39, 0.29) is 11.5 Å². The van der Waals surface area contributed by atoms with Gasteiger partial charge in [-0.2, -0.15) is 5.10 Å². The first-order valence-corrected chi connectivity index (χ1v) is 6.04. The number of nitrogens with one attached hydrogen (secondary N) is 1. The Morgan fingerprint density at radius 2 is 1.95 bits per heavy atom. The van der Waals surface area contributed by atoms with Crippen molar-refractivity contribution in [2.75, 3.05) is 5.32 Å². The van der Waals surface area contributed by atoms with Crippen LogP contribution in [-0.2, 0) is 7.05 Å². The van der Waals surface area contributed by atoms with Crippen LogP contribution in [-0.4, -0.2) is 26.8 Å². The van der Waals surface area contributed by atoms with Gasteiger partial charge in [0.25, 0.3) is 5.91 Å². The third-order valence-corrected chi connectivity index (χ3v) is 2.95. The topological polar surface area (TPSA) is 84.2 Å². The first kappa shape index (κ1) is 13.8. The fraction of sp³-hybridized carbons (Fsp3) is 0.214. The van der Waals surface area contributed by atoms with Crippen LogP contribution in [0.15, 0.2) is 24.3 Å². The highest BCUT2D eigenvalue weighted by Crippen LogP contribution is 2.16. The molecule has 1 aromatic carbocycles. The van der Waals surface area contributed by atoms with Crippen molar-refractivity contribution >= 4 is 17.6 Å². The van der Waals surface area contributed by atoms with Gasteiger partial charge in [0, 0.05) is 12.7 Å². The van der Waals surface area contributed by atoms with Gasteiger partial charge in [0.05, 0.1) is 11.3 Å². The van der Waals surface area contributed by atoms with Gasteiger partial charge in [-0.05, 0) is 43.7 Å². The predicted molar refractivity (Wildman–Crippen MR) is 74.0 cm³/mol. The number of hydrogen-bond acceptors (Lipinski definition) is 3. The van der Waals surface area contributed by atoms with E-state index in [0.717, 1.165) is 5.69 Å². The lowest BCUT2D eigenvalue weighted by Gasteiger charge is -2.07. The maximum absolute atomic E-state index is 12.1. The van der Waals surface area contributed by atoms with Crippen molar-refractivity contribution < 1.29 is 14.7 Å². The summed E-state index contributed by atoms with van der Waals surface area (Å²) < 4.78 is 1.50. The number of carboxylic acids is 1. The summed E-state index contributed by atoms with van der Waals surface area (Å²) in [6, 6.07) is 6.36. The molecule has 0 radical (unpaired) electrons. The molecule has 0 atom stereocenters. The Bertz CT molecular complexity index is 689. The molecule has 1 heterocycles. The van der Waals surface area contributed by atoms with Crippen LogP contribution in [0.4, 0.5) is 5.69 Å². The van der Waals surface area contributed by atoms with Crippen molar-refractivity contribution in [3.8, 4) is 0 Å². The second-order valence-electron chi connectivity index (χ2n) is 4.58. The minimum absolute atomic E-state index is 0.222. The van der Waals surface area contributed by atoms with Crippen molar-refractivity contribution in [1.29, 1.82) is 0 Å². The van der Waals surface area contributed by atoms with Gasteiger partial charge in [-0.25, -0.2) is 4.79 Å². The molecular weight excluding hydrogens is 258 g/mol. The van der Waals surface area contributed by atoms with Gasteiger partial charge in [0.1, 0.15) is 5.69 Å². The van der Waals surface area contributed by atoms with Gasteiger partial charge in [0.15, 0.2) is 0 Å². The predicted octanol–water partition coefficient (Wildman–Crippen LogP) is 1.99. The quantitative estimate of drug-likeness (QED) is 0.895. The molecule has 0 spiro atoms. The largest absolute Gasteiger partial charge is 0.478 e. The summed E-state index contributed by atoms with van der Waals surface area (Å²) >= 11 is 0. The molecule has 0 aliphatic rings. The summed E-state index contributed by atoms with van der Waals surface area (Å²) in [6.07, 6.45) is 0. The number of rotatable bonds is 3. The lowest BCUT2D eigenvalue weighted by Crippen LogP contribution is -2.16.